The van der Waals surface area contributed by atoms with Crippen molar-refractivity contribution in [3.05, 3.63) is 140 Å². The van der Waals surface area contributed by atoms with Gasteiger partial charge in [0.15, 0.2) is 0 Å². The molecule has 37 heavy (non-hydrogen) atoms. The molecule has 1 aromatic heterocycles. The van der Waals surface area contributed by atoms with Crippen LogP contribution in [-0.4, -0.2) is 4.57 Å². The Bertz CT molecular complexity index is 2110. The molecule has 1 nitrogen and oxygen atoms in total. The van der Waals surface area contributed by atoms with Crippen molar-refractivity contribution in [1.29, 1.82) is 0 Å². The van der Waals surface area contributed by atoms with E-state index in [1.165, 1.54) is 70.9 Å². The second-order valence-electron chi connectivity index (χ2n) is 9.77. The van der Waals surface area contributed by atoms with Gasteiger partial charge in [0.05, 0.1) is 11.0 Å². The maximum atomic E-state index is 2.38. The molecule has 0 saturated heterocycles. The summed E-state index contributed by atoms with van der Waals surface area (Å²) >= 11 is 0. The molecule has 0 bridgehead atoms. The molecule has 0 aliphatic heterocycles. The van der Waals surface area contributed by atoms with E-state index in [4.69, 9.17) is 0 Å². The third kappa shape index (κ3) is 2.98. The van der Waals surface area contributed by atoms with Crippen molar-refractivity contribution < 1.29 is 0 Å². The van der Waals surface area contributed by atoms with Crippen LogP contribution in [0.25, 0.3) is 70.9 Å². The fourth-order valence-corrected chi connectivity index (χ4v) is 6.10. The standard InChI is InChI=1S/C36H23N/c1-2-12-27(13-3-1)37-34-17-9-8-16-30(34)33-23-26(19-21-35(33)37)32-22-25-11-5-7-15-29(25)36-28-14-6-4-10-24(28)18-20-31(32)36/h1-23H. The van der Waals surface area contributed by atoms with Crippen molar-refractivity contribution in [2.24, 2.45) is 0 Å². The first-order valence-corrected chi connectivity index (χ1v) is 12.8. The predicted molar refractivity (Wildman–Crippen MR) is 159 cm³/mol. The van der Waals surface area contributed by atoms with Gasteiger partial charge < -0.3 is 4.57 Å². The maximum absolute atomic E-state index is 2.38. The Kier molecular flexibility index (Phi) is 4.29. The molecule has 172 valence electrons. The highest BCUT2D eigenvalue weighted by Gasteiger charge is 2.15. The predicted octanol–water partition coefficient (Wildman–Crippen LogP) is 9.91. The molecule has 0 fully saturated rings. The number of fused-ring (bicyclic) bond motifs is 8. The fraction of sp³-hybridized carbons (Fsp3) is 0. The van der Waals surface area contributed by atoms with Crippen molar-refractivity contribution in [2.45, 2.75) is 0 Å². The van der Waals surface area contributed by atoms with Crippen LogP contribution in [0.4, 0.5) is 0 Å². The summed E-state index contributed by atoms with van der Waals surface area (Å²) in [6.45, 7) is 0. The first-order chi connectivity index (χ1) is 18.4. The molecule has 0 atom stereocenters. The molecular formula is C36H23N. The summed E-state index contributed by atoms with van der Waals surface area (Å²) in [5, 5.41) is 10.3. The zero-order valence-corrected chi connectivity index (χ0v) is 20.2. The lowest BCUT2D eigenvalue weighted by Crippen LogP contribution is -1.93. The number of hydrogen-bond acceptors (Lipinski definition) is 0. The summed E-state index contributed by atoms with van der Waals surface area (Å²) in [7, 11) is 0. The second kappa shape index (κ2) is 7.81. The van der Waals surface area contributed by atoms with Gasteiger partial charge in [-0.3, -0.25) is 0 Å². The minimum absolute atomic E-state index is 1.18. The van der Waals surface area contributed by atoms with Gasteiger partial charge in [0.1, 0.15) is 0 Å². The van der Waals surface area contributed by atoms with E-state index in [0.29, 0.717) is 0 Å². The van der Waals surface area contributed by atoms with E-state index in [1.807, 2.05) is 0 Å². The molecule has 0 spiro atoms. The van der Waals surface area contributed by atoms with Gasteiger partial charge in [-0.1, -0.05) is 103 Å². The smallest absolute Gasteiger partial charge is 0.0541 e. The molecule has 0 saturated carbocycles. The number of para-hydroxylation sites is 2. The summed E-state index contributed by atoms with van der Waals surface area (Å²) < 4.78 is 2.38. The van der Waals surface area contributed by atoms with Crippen LogP contribution in [0.15, 0.2) is 140 Å². The third-order valence-corrected chi connectivity index (χ3v) is 7.75. The molecule has 7 aromatic carbocycles. The molecule has 0 aliphatic rings. The van der Waals surface area contributed by atoms with E-state index >= 15 is 0 Å². The zero-order valence-electron chi connectivity index (χ0n) is 20.2. The van der Waals surface area contributed by atoms with Gasteiger partial charge in [-0.15, -0.1) is 0 Å². The molecule has 0 N–H and O–H groups in total. The van der Waals surface area contributed by atoms with Crippen LogP contribution in [0.5, 0.6) is 0 Å². The highest BCUT2D eigenvalue weighted by Crippen LogP contribution is 2.41. The quantitative estimate of drug-likeness (QED) is 0.222. The Labute approximate surface area is 214 Å². The van der Waals surface area contributed by atoms with E-state index in [2.05, 4.69) is 144 Å². The molecule has 0 aliphatic carbocycles. The normalized spacial score (nSPS) is 11.8. The Morgan fingerprint density at radius 3 is 1.86 bits per heavy atom. The molecule has 0 unspecified atom stereocenters. The van der Waals surface area contributed by atoms with E-state index < -0.39 is 0 Å². The van der Waals surface area contributed by atoms with Crippen LogP contribution in [0, 0.1) is 0 Å². The van der Waals surface area contributed by atoms with E-state index in [9.17, 15) is 0 Å². The number of aromatic nitrogens is 1. The van der Waals surface area contributed by atoms with E-state index in [-0.39, 0.29) is 0 Å². The second-order valence-corrected chi connectivity index (χ2v) is 9.77. The summed E-state index contributed by atoms with van der Waals surface area (Å²) in [6, 6.07) is 50.8. The van der Waals surface area contributed by atoms with E-state index in [1.54, 1.807) is 0 Å². The number of nitrogens with zero attached hydrogens (tertiary/aromatic N) is 1. The summed E-state index contributed by atoms with van der Waals surface area (Å²) in [6.07, 6.45) is 0. The van der Waals surface area contributed by atoms with Crippen LogP contribution < -0.4 is 0 Å². The van der Waals surface area contributed by atoms with Gasteiger partial charge in [0.2, 0.25) is 0 Å². The zero-order chi connectivity index (χ0) is 24.3. The Balaban J connectivity index is 1.48. The lowest BCUT2D eigenvalue weighted by molar-refractivity contribution is 1.18. The fourth-order valence-electron chi connectivity index (χ4n) is 6.10. The van der Waals surface area contributed by atoms with Crippen LogP contribution in [-0.2, 0) is 0 Å². The highest BCUT2D eigenvalue weighted by molar-refractivity contribution is 6.24. The van der Waals surface area contributed by atoms with Gasteiger partial charge in [-0.2, -0.15) is 0 Å². The summed E-state index contributed by atoms with van der Waals surface area (Å²) in [5.41, 5.74) is 6.17. The number of benzene rings is 7. The van der Waals surface area contributed by atoms with Crippen molar-refractivity contribution in [1.82, 2.24) is 4.57 Å². The highest BCUT2D eigenvalue weighted by atomic mass is 15.0. The van der Waals surface area contributed by atoms with Crippen LogP contribution >= 0.6 is 0 Å². The number of rotatable bonds is 2. The Morgan fingerprint density at radius 1 is 0.378 bits per heavy atom. The van der Waals surface area contributed by atoms with Crippen molar-refractivity contribution in [2.75, 3.05) is 0 Å². The Morgan fingerprint density at radius 2 is 1.03 bits per heavy atom. The van der Waals surface area contributed by atoms with Gasteiger partial charge in [0.25, 0.3) is 0 Å². The first kappa shape index (κ1) is 20.3. The average Bonchev–Trinajstić information content (AvgIpc) is 3.30. The average molecular weight is 470 g/mol. The van der Waals surface area contributed by atoms with Crippen molar-refractivity contribution in [3.8, 4) is 16.8 Å². The third-order valence-electron chi connectivity index (χ3n) is 7.75. The van der Waals surface area contributed by atoms with Gasteiger partial charge in [-0.05, 0) is 79.8 Å². The van der Waals surface area contributed by atoms with Crippen molar-refractivity contribution >= 4 is 54.1 Å². The monoisotopic (exact) mass is 469 g/mol. The summed E-state index contributed by atoms with van der Waals surface area (Å²) in [4.78, 5) is 0. The first-order valence-electron chi connectivity index (χ1n) is 12.8. The van der Waals surface area contributed by atoms with Crippen LogP contribution in [0.2, 0.25) is 0 Å². The minimum Gasteiger partial charge on any atom is -0.309 e. The topological polar surface area (TPSA) is 4.93 Å². The van der Waals surface area contributed by atoms with Gasteiger partial charge in [-0.25, -0.2) is 0 Å². The molecule has 8 aromatic rings. The molecule has 8 rings (SSSR count). The Hall–Kier alpha value is -4.88. The van der Waals surface area contributed by atoms with Crippen molar-refractivity contribution in [3.63, 3.8) is 0 Å². The maximum Gasteiger partial charge on any atom is 0.0541 e. The van der Waals surface area contributed by atoms with Gasteiger partial charge in [0, 0.05) is 16.5 Å². The summed E-state index contributed by atoms with van der Waals surface area (Å²) in [5.74, 6) is 0. The largest absolute Gasteiger partial charge is 0.309 e. The molecule has 1 heteroatoms. The van der Waals surface area contributed by atoms with E-state index in [0.717, 1.165) is 0 Å². The lowest BCUT2D eigenvalue weighted by Gasteiger charge is -2.14. The van der Waals surface area contributed by atoms with Crippen LogP contribution in [0.1, 0.15) is 0 Å². The molecule has 0 amide bonds. The molecule has 0 radical (unpaired) electrons. The van der Waals surface area contributed by atoms with Gasteiger partial charge >= 0.3 is 0 Å². The minimum atomic E-state index is 1.18. The number of hydrogen-bond donors (Lipinski definition) is 0. The molecular weight excluding hydrogens is 446 g/mol. The van der Waals surface area contributed by atoms with Crippen LogP contribution in [0.3, 0.4) is 0 Å². The SMILES string of the molecule is c1ccc(-n2c3ccccc3c3cc(-c4cc5ccccc5c5c4ccc4ccccc45)ccc32)cc1. The lowest BCUT2D eigenvalue weighted by atomic mass is 9.90. The molecule has 1 heterocycles.